The molecule has 2 aromatic rings. The number of imidazole rings is 1. The average molecular weight is 354 g/mol. The highest BCUT2D eigenvalue weighted by Gasteiger charge is 2.55. The molecule has 0 radical (unpaired) electrons. The van der Waals surface area contributed by atoms with Gasteiger partial charge < -0.3 is 25.2 Å². The molecule has 0 aliphatic carbocycles. The molecule has 1 fully saturated rings. The number of aliphatic hydroxyl groups excluding tert-OH is 2. The largest absolute Gasteiger partial charge is 0.394 e. The zero-order valence-corrected chi connectivity index (χ0v) is 14.6. The molecule has 138 valence electrons. The number of hydrogen-bond acceptors (Lipinski definition) is 8. The number of aromatic nitrogens is 4. The quantitative estimate of drug-likeness (QED) is 0.704. The van der Waals surface area contributed by atoms with Crippen molar-refractivity contribution in [3.8, 4) is 0 Å². The van der Waals surface area contributed by atoms with Crippen molar-refractivity contribution in [2.75, 3.05) is 37.5 Å². The molecule has 4 atom stereocenters. The summed E-state index contributed by atoms with van der Waals surface area (Å²) >= 11 is 0. The highest BCUT2D eigenvalue weighted by atomic mass is 19.1. The molecule has 3 rings (SSSR count). The van der Waals surface area contributed by atoms with E-state index in [0.717, 1.165) is 0 Å². The van der Waals surface area contributed by atoms with Crippen LogP contribution in [0, 0.1) is 0 Å². The minimum Gasteiger partial charge on any atom is -0.394 e. The van der Waals surface area contributed by atoms with Crippen LogP contribution in [0.15, 0.2) is 6.33 Å². The molecule has 10 heteroatoms. The molecule has 2 aromatic heterocycles. The Kier molecular flexibility index (Phi) is 4.52. The van der Waals surface area contributed by atoms with Gasteiger partial charge in [-0.05, 0) is 13.8 Å². The summed E-state index contributed by atoms with van der Waals surface area (Å²) in [6, 6.07) is 0. The number of nitrogens with one attached hydrogen (secondary N) is 1. The van der Waals surface area contributed by atoms with Crippen LogP contribution in [0.5, 0.6) is 0 Å². The normalized spacial score (nSPS) is 29.3. The van der Waals surface area contributed by atoms with Crippen LogP contribution < -0.4 is 10.2 Å². The first-order chi connectivity index (χ1) is 11.8. The van der Waals surface area contributed by atoms with Gasteiger partial charge in [0.15, 0.2) is 28.9 Å². The lowest BCUT2D eigenvalue weighted by Gasteiger charge is -2.24. The zero-order chi connectivity index (χ0) is 18.4. The summed E-state index contributed by atoms with van der Waals surface area (Å²) in [5, 5.41) is 22.4. The maximum atomic E-state index is 15.1. The number of nitrogens with zero attached hydrogens (tertiary/aromatic N) is 5. The van der Waals surface area contributed by atoms with Crippen molar-refractivity contribution in [1.29, 1.82) is 0 Å². The van der Waals surface area contributed by atoms with Crippen molar-refractivity contribution < 1.29 is 19.3 Å². The van der Waals surface area contributed by atoms with Gasteiger partial charge in [0, 0.05) is 20.6 Å². The Hall–Kier alpha value is -2.04. The summed E-state index contributed by atoms with van der Waals surface area (Å²) in [6.45, 7) is 3.30. The molecule has 0 saturated carbocycles. The third-order valence-corrected chi connectivity index (χ3v) is 4.31. The van der Waals surface area contributed by atoms with Crippen molar-refractivity contribution in [1.82, 2.24) is 19.5 Å². The molecule has 3 heterocycles. The number of halogens is 1. The number of hydrogen-bond donors (Lipinski definition) is 3. The van der Waals surface area contributed by atoms with Gasteiger partial charge >= 0.3 is 0 Å². The SMILES string of the molecule is CCNc1nc(N(C)C)c2ncn([C@@H]3O[C@H](CO)[C@@H](O)[C@@]3(C)F)c2n1. The van der Waals surface area contributed by atoms with Crippen molar-refractivity contribution >= 4 is 22.9 Å². The number of fused-ring (bicyclic) bond motifs is 1. The zero-order valence-electron chi connectivity index (χ0n) is 14.6. The summed E-state index contributed by atoms with van der Waals surface area (Å²) in [4.78, 5) is 14.9. The van der Waals surface area contributed by atoms with E-state index in [4.69, 9.17) is 4.74 Å². The third-order valence-electron chi connectivity index (χ3n) is 4.31. The van der Waals surface area contributed by atoms with Crippen LogP contribution in [-0.4, -0.2) is 74.9 Å². The Morgan fingerprint density at radius 1 is 1.44 bits per heavy atom. The molecular formula is C15H23FN6O3. The van der Waals surface area contributed by atoms with E-state index in [1.165, 1.54) is 17.8 Å². The van der Waals surface area contributed by atoms with Crippen LogP contribution in [0.4, 0.5) is 16.2 Å². The van der Waals surface area contributed by atoms with E-state index >= 15 is 4.39 Å². The van der Waals surface area contributed by atoms with Gasteiger partial charge in [-0.3, -0.25) is 4.57 Å². The smallest absolute Gasteiger partial charge is 0.226 e. The van der Waals surface area contributed by atoms with Crippen LogP contribution in [0.25, 0.3) is 11.2 Å². The standard InChI is InChI=1S/C15H23FN6O3/c1-5-17-14-19-11(21(3)4)9-12(20-14)22(7-18-9)13-15(2,16)10(24)8(6-23)25-13/h7-8,10,13,23-24H,5-6H2,1-4H3,(H,17,19,20)/t8-,10-,13-,15-/m1/s1. The molecule has 0 amide bonds. The van der Waals surface area contributed by atoms with E-state index in [0.29, 0.717) is 29.5 Å². The number of aliphatic hydroxyl groups is 2. The molecular weight excluding hydrogens is 331 g/mol. The Morgan fingerprint density at radius 3 is 2.72 bits per heavy atom. The second-order valence-corrected chi connectivity index (χ2v) is 6.43. The molecule has 1 saturated heterocycles. The lowest BCUT2D eigenvalue weighted by molar-refractivity contribution is -0.0566. The Bertz CT molecular complexity index is 765. The van der Waals surface area contributed by atoms with Gasteiger partial charge in [0.25, 0.3) is 0 Å². The first-order valence-electron chi connectivity index (χ1n) is 8.10. The molecule has 1 aliphatic rings. The number of anilines is 2. The monoisotopic (exact) mass is 354 g/mol. The fourth-order valence-electron chi connectivity index (χ4n) is 2.99. The fraction of sp³-hybridized carbons (Fsp3) is 0.667. The highest BCUT2D eigenvalue weighted by molar-refractivity contribution is 5.84. The summed E-state index contributed by atoms with van der Waals surface area (Å²) < 4.78 is 22.1. The van der Waals surface area contributed by atoms with Crippen molar-refractivity contribution in [3.63, 3.8) is 0 Å². The van der Waals surface area contributed by atoms with Crippen LogP contribution in [0.2, 0.25) is 0 Å². The van der Waals surface area contributed by atoms with Gasteiger partial charge in [-0.15, -0.1) is 0 Å². The minimum absolute atomic E-state index is 0.384. The van der Waals surface area contributed by atoms with Gasteiger partial charge in [-0.1, -0.05) is 0 Å². The number of alkyl halides is 1. The average Bonchev–Trinajstić information content (AvgIpc) is 3.06. The van der Waals surface area contributed by atoms with Gasteiger partial charge in [-0.2, -0.15) is 9.97 Å². The van der Waals surface area contributed by atoms with Gasteiger partial charge in [0.1, 0.15) is 12.2 Å². The second kappa shape index (κ2) is 6.36. The van der Waals surface area contributed by atoms with Crippen molar-refractivity contribution in [3.05, 3.63) is 6.33 Å². The number of rotatable bonds is 5. The van der Waals surface area contributed by atoms with E-state index in [1.807, 2.05) is 21.0 Å². The number of ether oxygens (including phenoxy) is 1. The van der Waals surface area contributed by atoms with Gasteiger partial charge in [0.2, 0.25) is 5.95 Å². The van der Waals surface area contributed by atoms with Crippen molar-refractivity contribution in [2.45, 2.75) is 38.0 Å². The molecule has 9 nitrogen and oxygen atoms in total. The predicted molar refractivity (Wildman–Crippen MR) is 90.3 cm³/mol. The fourth-order valence-corrected chi connectivity index (χ4v) is 2.99. The van der Waals surface area contributed by atoms with E-state index in [1.54, 1.807) is 4.90 Å². The van der Waals surface area contributed by atoms with Gasteiger partial charge in [-0.25, -0.2) is 9.37 Å². The molecule has 0 bridgehead atoms. The molecule has 0 spiro atoms. The Labute approximate surface area is 144 Å². The second-order valence-electron chi connectivity index (χ2n) is 6.43. The first-order valence-corrected chi connectivity index (χ1v) is 8.10. The lowest BCUT2D eigenvalue weighted by atomic mass is 9.98. The van der Waals surface area contributed by atoms with E-state index < -0.39 is 30.7 Å². The maximum absolute atomic E-state index is 15.1. The highest BCUT2D eigenvalue weighted by Crippen LogP contribution is 2.42. The van der Waals surface area contributed by atoms with Crippen LogP contribution >= 0.6 is 0 Å². The predicted octanol–water partition coefficient (Wildman–Crippen LogP) is 0.303. The summed E-state index contributed by atoms with van der Waals surface area (Å²) in [5.41, 5.74) is -1.23. The lowest BCUT2D eigenvalue weighted by Crippen LogP contribution is -2.40. The maximum Gasteiger partial charge on any atom is 0.226 e. The van der Waals surface area contributed by atoms with Gasteiger partial charge in [0.05, 0.1) is 12.9 Å². The minimum atomic E-state index is -2.11. The van der Waals surface area contributed by atoms with E-state index in [-0.39, 0.29) is 0 Å². The Morgan fingerprint density at radius 2 is 2.16 bits per heavy atom. The molecule has 0 unspecified atom stereocenters. The molecule has 0 aromatic carbocycles. The van der Waals surface area contributed by atoms with E-state index in [2.05, 4.69) is 20.3 Å². The van der Waals surface area contributed by atoms with Crippen molar-refractivity contribution in [2.24, 2.45) is 0 Å². The van der Waals surface area contributed by atoms with Crippen LogP contribution in [0.1, 0.15) is 20.1 Å². The topological polar surface area (TPSA) is 109 Å². The summed E-state index contributed by atoms with van der Waals surface area (Å²) in [5.74, 6) is 0.968. The Balaban J connectivity index is 2.14. The summed E-state index contributed by atoms with van der Waals surface area (Å²) in [6.07, 6.45) is -2.22. The molecule has 1 aliphatic heterocycles. The van der Waals surface area contributed by atoms with Crippen LogP contribution in [-0.2, 0) is 4.74 Å². The molecule has 3 N–H and O–H groups in total. The molecule has 25 heavy (non-hydrogen) atoms. The van der Waals surface area contributed by atoms with Crippen LogP contribution in [0.3, 0.4) is 0 Å². The third kappa shape index (κ3) is 2.79. The van der Waals surface area contributed by atoms with E-state index in [9.17, 15) is 10.2 Å². The first kappa shape index (κ1) is 17.8. The summed E-state index contributed by atoms with van der Waals surface area (Å²) in [7, 11) is 3.65.